The van der Waals surface area contributed by atoms with Crippen molar-refractivity contribution in [3.63, 3.8) is 0 Å². The van der Waals surface area contributed by atoms with Crippen molar-refractivity contribution >= 4 is 11.8 Å². The SMILES string of the molecule is NC1CCC2CN(C(=O)CCCNC(=O)c3ccc(F)cc3)CC12. The van der Waals surface area contributed by atoms with Gasteiger partial charge in [-0.15, -0.1) is 0 Å². The van der Waals surface area contributed by atoms with Crippen LogP contribution < -0.4 is 11.1 Å². The van der Waals surface area contributed by atoms with Crippen LogP contribution in [-0.2, 0) is 4.79 Å². The second kappa shape index (κ2) is 7.30. The molecule has 5 nitrogen and oxygen atoms in total. The Hall–Kier alpha value is -1.95. The number of nitrogens with one attached hydrogen (secondary N) is 1. The van der Waals surface area contributed by atoms with E-state index in [4.69, 9.17) is 5.73 Å². The van der Waals surface area contributed by atoms with Gasteiger partial charge in [-0.1, -0.05) is 0 Å². The van der Waals surface area contributed by atoms with Crippen molar-refractivity contribution in [2.24, 2.45) is 17.6 Å². The molecule has 3 atom stereocenters. The molecular weight excluding hydrogens is 309 g/mol. The largest absolute Gasteiger partial charge is 0.352 e. The molecule has 3 rings (SSSR count). The van der Waals surface area contributed by atoms with Crippen LogP contribution in [0.4, 0.5) is 4.39 Å². The third-order valence-electron chi connectivity index (χ3n) is 5.22. The number of nitrogens with two attached hydrogens (primary N) is 1. The van der Waals surface area contributed by atoms with Crippen molar-refractivity contribution in [3.8, 4) is 0 Å². The highest BCUT2D eigenvalue weighted by Gasteiger charge is 2.42. The zero-order valence-electron chi connectivity index (χ0n) is 13.7. The van der Waals surface area contributed by atoms with Gasteiger partial charge in [0.2, 0.25) is 5.91 Å². The Kier molecular flexibility index (Phi) is 5.14. The summed E-state index contributed by atoms with van der Waals surface area (Å²) in [6, 6.07) is 5.65. The van der Waals surface area contributed by atoms with E-state index in [0.29, 0.717) is 36.8 Å². The summed E-state index contributed by atoms with van der Waals surface area (Å²) >= 11 is 0. The average Bonchev–Trinajstić information content (AvgIpc) is 3.14. The Balaban J connectivity index is 1.37. The molecule has 3 unspecified atom stereocenters. The van der Waals surface area contributed by atoms with E-state index in [1.54, 1.807) is 0 Å². The Labute approximate surface area is 141 Å². The Morgan fingerprint density at radius 1 is 1.21 bits per heavy atom. The predicted octanol–water partition coefficient (Wildman–Crippen LogP) is 1.53. The van der Waals surface area contributed by atoms with Crippen molar-refractivity contribution in [2.45, 2.75) is 31.7 Å². The van der Waals surface area contributed by atoms with Gasteiger partial charge >= 0.3 is 0 Å². The summed E-state index contributed by atoms with van der Waals surface area (Å²) < 4.78 is 12.8. The van der Waals surface area contributed by atoms with E-state index in [1.165, 1.54) is 24.3 Å². The summed E-state index contributed by atoms with van der Waals surface area (Å²) in [7, 11) is 0. The molecule has 1 heterocycles. The molecular formula is C18H24FN3O2. The van der Waals surface area contributed by atoms with Crippen molar-refractivity contribution in [2.75, 3.05) is 19.6 Å². The standard InChI is InChI=1S/C18H24FN3O2/c19-14-6-3-12(4-7-14)18(24)21-9-1-2-17(23)22-10-13-5-8-16(20)15(13)11-22/h3-4,6-7,13,15-16H,1-2,5,8-11,20H2,(H,21,24). The molecule has 6 heteroatoms. The van der Waals surface area contributed by atoms with Crippen LogP contribution in [0.1, 0.15) is 36.0 Å². The van der Waals surface area contributed by atoms with E-state index in [0.717, 1.165) is 25.9 Å². The number of fused-ring (bicyclic) bond motifs is 1. The highest BCUT2D eigenvalue weighted by Crippen LogP contribution is 2.37. The number of nitrogens with zero attached hydrogens (tertiary/aromatic N) is 1. The Bertz CT molecular complexity index is 605. The Morgan fingerprint density at radius 3 is 2.67 bits per heavy atom. The lowest BCUT2D eigenvalue weighted by atomic mass is 9.98. The van der Waals surface area contributed by atoms with Crippen molar-refractivity contribution in [3.05, 3.63) is 35.6 Å². The highest BCUT2D eigenvalue weighted by atomic mass is 19.1. The van der Waals surface area contributed by atoms with Gasteiger partial charge in [-0.3, -0.25) is 9.59 Å². The second-order valence-electron chi connectivity index (χ2n) is 6.83. The number of hydrogen-bond donors (Lipinski definition) is 2. The summed E-state index contributed by atoms with van der Waals surface area (Å²) in [5.74, 6) is 0.568. The Morgan fingerprint density at radius 2 is 1.96 bits per heavy atom. The second-order valence-corrected chi connectivity index (χ2v) is 6.83. The first-order valence-corrected chi connectivity index (χ1v) is 8.61. The molecule has 0 radical (unpaired) electrons. The van der Waals surface area contributed by atoms with Crippen LogP contribution in [0.5, 0.6) is 0 Å². The molecule has 24 heavy (non-hydrogen) atoms. The van der Waals surface area contributed by atoms with Crippen molar-refractivity contribution < 1.29 is 14.0 Å². The first-order chi connectivity index (χ1) is 11.5. The van der Waals surface area contributed by atoms with Gasteiger partial charge in [0.15, 0.2) is 0 Å². The van der Waals surface area contributed by atoms with Crippen LogP contribution in [-0.4, -0.2) is 42.4 Å². The summed E-state index contributed by atoms with van der Waals surface area (Å²) in [5.41, 5.74) is 6.51. The molecule has 2 aliphatic rings. The fraction of sp³-hybridized carbons (Fsp3) is 0.556. The number of carbonyl (C=O) groups is 2. The minimum Gasteiger partial charge on any atom is -0.352 e. The molecule has 1 aromatic carbocycles. The van der Waals surface area contributed by atoms with Crippen molar-refractivity contribution in [1.29, 1.82) is 0 Å². The fourth-order valence-electron chi connectivity index (χ4n) is 3.81. The van der Waals surface area contributed by atoms with Crippen LogP contribution in [0.3, 0.4) is 0 Å². The molecule has 1 aliphatic heterocycles. The van der Waals surface area contributed by atoms with Gasteiger partial charge in [0, 0.05) is 37.7 Å². The number of rotatable bonds is 5. The maximum Gasteiger partial charge on any atom is 0.251 e. The van der Waals surface area contributed by atoms with Gasteiger partial charge in [-0.05, 0) is 55.4 Å². The normalized spacial score (nSPS) is 25.6. The van der Waals surface area contributed by atoms with E-state index >= 15 is 0 Å². The highest BCUT2D eigenvalue weighted by molar-refractivity contribution is 5.94. The van der Waals surface area contributed by atoms with Gasteiger partial charge in [0.05, 0.1) is 0 Å². The first kappa shape index (κ1) is 16.9. The van der Waals surface area contributed by atoms with E-state index in [9.17, 15) is 14.0 Å². The van der Waals surface area contributed by atoms with E-state index in [2.05, 4.69) is 5.32 Å². The molecule has 0 aromatic heterocycles. The monoisotopic (exact) mass is 333 g/mol. The summed E-state index contributed by atoms with van der Waals surface area (Å²) in [5, 5.41) is 2.76. The minimum atomic E-state index is -0.368. The van der Waals surface area contributed by atoms with Crippen molar-refractivity contribution in [1.82, 2.24) is 10.2 Å². The summed E-state index contributed by atoms with van der Waals surface area (Å²) in [4.78, 5) is 26.1. The molecule has 1 aromatic rings. The number of benzene rings is 1. The molecule has 1 saturated heterocycles. The van der Waals surface area contributed by atoms with E-state index in [-0.39, 0.29) is 23.7 Å². The lowest BCUT2D eigenvalue weighted by Crippen LogP contribution is -2.34. The molecule has 3 N–H and O–H groups in total. The van der Waals surface area contributed by atoms with Crippen LogP contribution >= 0.6 is 0 Å². The number of likely N-dealkylation sites (tertiary alicyclic amines) is 1. The van der Waals surface area contributed by atoms with Gasteiger partial charge in [0.25, 0.3) is 5.91 Å². The molecule has 130 valence electrons. The maximum absolute atomic E-state index is 12.8. The maximum atomic E-state index is 12.8. The predicted molar refractivity (Wildman–Crippen MR) is 88.7 cm³/mol. The number of carbonyl (C=O) groups excluding carboxylic acids is 2. The first-order valence-electron chi connectivity index (χ1n) is 8.61. The zero-order chi connectivity index (χ0) is 17.1. The topological polar surface area (TPSA) is 75.4 Å². The van der Waals surface area contributed by atoms with Gasteiger partial charge < -0.3 is 16.0 Å². The average molecular weight is 333 g/mol. The molecule has 2 amide bonds. The summed E-state index contributed by atoms with van der Waals surface area (Å²) in [6.45, 7) is 2.05. The van der Waals surface area contributed by atoms with Crippen LogP contribution in [0.25, 0.3) is 0 Å². The smallest absolute Gasteiger partial charge is 0.251 e. The lowest BCUT2D eigenvalue weighted by molar-refractivity contribution is -0.130. The zero-order valence-corrected chi connectivity index (χ0v) is 13.7. The number of amides is 2. The number of hydrogen-bond acceptors (Lipinski definition) is 3. The third-order valence-corrected chi connectivity index (χ3v) is 5.22. The molecule has 0 bridgehead atoms. The third kappa shape index (κ3) is 3.75. The molecule has 0 spiro atoms. The minimum absolute atomic E-state index is 0.146. The number of halogens is 1. The molecule has 1 aliphatic carbocycles. The lowest BCUT2D eigenvalue weighted by Gasteiger charge is -2.18. The molecule has 2 fully saturated rings. The van der Waals surface area contributed by atoms with Crippen LogP contribution in [0.2, 0.25) is 0 Å². The fourth-order valence-corrected chi connectivity index (χ4v) is 3.81. The van der Waals surface area contributed by atoms with Gasteiger partial charge in [0.1, 0.15) is 5.82 Å². The van der Waals surface area contributed by atoms with Gasteiger partial charge in [-0.2, -0.15) is 0 Å². The van der Waals surface area contributed by atoms with Gasteiger partial charge in [-0.25, -0.2) is 4.39 Å². The summed E-state index contributed by atoms with van der Waals surface area (Å²) in [6.07, 6.45) is 3.23. The molecule has 1 saturated carbocycles. The van der Waals surface area contributed by atoms with E-state index in [1.807, 2.05) is 4.90 Å². The van der Waals surface area contributed by atoms with Crippen LogP contribution in [0, 0.1) is 17.7 Å². The van der Waals surface area contributed by atoms with Crippen LogP contribution in [0.15, 0.2) is 24.3 Å². The quantitative estimate of drug-likeness (QED) is 0.803. The van der Waals surface area contributed by atoms with E-state index < -0.39 is 0 Å².